The molecular formula is C19H25N9O. The van der Waals surface area contributed by atoms with Crippen molar-refractivity contribution in [2.45, 2.75) is 44.8 Å². The predicted octanol–water partition coefficient (Wildman–Crippen LogP) is 0.321. The Hall–Kier alpha value is -3.06. The van der Waals surface area contributed by atoms with Crippen LogP contribution in [0, 0.1) is 11.3 Å². The molecule has 0 bridgehead atoms. The molecule has 4 heterocycles. The van der Waals surface area contributed by atoms with Gasteiger partial charge in [-0.1, -0.05) is 0 Å². The van der Waals surface area contributed by atoms with Crippen LogP contribution in [0.1, 0.15) is 37.1 Å². The zero-order valence-electron chi connectivity index (χ0n) is 16.4. The zero-order chi connectivity index (χ0) is 20.1. The molecule has 0 radical (unpaired) electrons. The molecule has 0 spiro atoms. The number of aromatic nitrogens is 5. The quantitative estimate of drug-likeness (QED) is 0.743. The average Bonchev–Trinajstić information content (AvgIpc) is 3.41. The number of nitrogens with one attached hydrogen (secondary N) is 1. The van der Waals surface area contributed by atoms with E-state index in [0.29, 0.717) is 12.1 Å². The van der Waals surface area contributed by atoms with Crippen LogP contribution in [-0.4, -0.2) is 68.2 Å². The summed E-state index contributed by atoms with van der Waals surface area (Å²) in [5.41, 5.74) is 0.583. The Bertz CT molecular complexity index is 876. The van der Waals surface area contributed by atoms with Gasteiger partial charge < -0.3 is 10.2 Å². The second-order valence-electron chi connectivity index (χ2n) is 7.55. The number of amides is 1. The van der Waals surface area contributed by atoms with E-state index in [1.807, 2.05) is 0 Å². The number of nitriles is 1. The van der Waals surface area contributed by atoms with E-state index in [1.54, 1.807) is 23.0 Å². The van der Waals surface area contributed by atoms with Gasteiger partial charge in [-0.3, -0.25) is 9.69 Å². The largest absolute Gasteiger partial charge is 0.355 e. The van der Waals surface area contributed by atoms with Crippen LogP contribution in [0.3, 0.4) is 0 Å². The molecular weight excluding hydrogens is 370 g/mol. The molecule has 1 amide bonds. The van der Waals surface area contributed by atoms with Crippen LogP contribution < -0.4 is 10.2 Å². The highest BCUT2D eigenvalue weighted by atomic mass is 16.2. The smallest absolute Gasteiger partial charge is 0.242 e. The van der Waals surface area contributed by atoms with Crippen molar-refractivity contribution >= 4 is 11.7 Å². The third-order valence-corrected chi connectivity index (χ3v) is 5.53. The first-order valence-corrected chi connectivity index (χ1v) is 10.1. The fourth-order valence-corrected chi connectivity index (χ4v) is 3.98. The maximum atomic E-state index is 12.5. The Morgan fingerprint density at radius 3 is 2.79 bits per heavy atom. The van der Waals surface area contributed by atoms with Gasteiger partial charge in [0.05, 0.1) is 12.1 Å². The van der Waals surface area contributed by atoms with Gasteiger partial charge in [-0.05, 0) is 61.3 Å². The van der Waals surface area contributed by atoms with Crippen molar-refractivity contribution in [2.24, 2.45) is 0 Å². The van der Waals surface area contributed by atoms with Gasteiger partial charge in [0.15, 0.2) is 5.82 Å². The first-order chi connectivity index (χ1) is 14.2. The van der Waals surface area contributed by atoms with Gasteiger partial charge in [0, 0.05) is 25.3 Å². The third kappa shape index (κ3) is 4.68. The number of carbonyl (C=O) groups is 1. The van der Waals surface area contributed by atoms with Crippen LogP contribution in [0.25, 0.3) is 0 Å². The summed E-state index contributed by atoms with van der Waals surface area (Å²) >= 11 is 0. The van der Waals surface area contributed by atoms with E-state index < -0.39 is 0 Å². The molecule has 2 fully saturated rings. The number of pyridine rings is 1. The van der Waals surface area contributed by atoms with E-state index in [1.165, 1.54) is 12.8 Å². The highest BCUT2D eigenvalue weighted by Gasteiger charge is 2.24. The normalized spacial score (nSPS) is 18.0. The molecule has 2 aromatic heterocycles. The summed E-state index contributed by atoms with van der Waals surface area (Å²) in [4.78, 5) is 21.3. The van der Waals surface area contributed by atoms with Gasteiger partial charge in [-0.2, -0.15) is 5.26 Å². The van der Waals surface area contributed by atoms with E-state index in [-0.39, 0.29) is 18.5 Å². The lowest BCUT2D eigenvalue weighted by Gasteiger charge is -2.33. The summed E-state index contributed by atoms with van der Waals surface area (Å²) in [5.74, 6) is 1.38. The highest BCUT2D eigenvalue weighted by Crippen LogP contribution is 2.21. The summed E-state index contributed by atoms with van der Waals surface area (Å²) in [6, 6.07) is 5.85. The van der Waals surface area contributed by atoms with Crippen LogP contribution in [-0.2, 0) is 17.9 Å². The van der Waals surface area contributed by atoms with E-state index in [4.69, 9.17) is 0 Å². The first kappa shape index (κ1) is 19.3. The lowest BCUT2D eigenvalue weighted by molar-refractivity contribution is -0.122. The molecule has 1 N–H and O–H groups in total. The Morgan fingerprint density at radius 1 is 1.24 bits per heavy atom. The number of hydrogen-bond donors (Lipinski definition) is 1. The van der Waals surface area contributed by atoms with Crippen molar-refractivity contribution < 1.29 is 4.79 Å². The molecule has 29 heavy (non-hydrogen) atoms. The molecule has 4 rings (SSSR count). The number of anilines is 1. The maximum absolute atomic E-state index is 12.5. The molecule has 0 aromatic carbocycles. The number of piperidine rings is 1. The topological polar surface area (TPSA) is 116 Å². The molecule has 0 unspecified atom stereocenters. The molecule has 0 aliphatic carbocycles. The molecule has 2 aromatic rings. The molecule has 0 saturated carbocycles. The van der Waals surface area contributed by atoms with Crippen LogP contribution in [0.15, 0.2) is 18.3 Å². The number of rotatable bonds is 6. The summed E-state index contributed by atoms with van der Waals surface area (Å²) in [6.45, 7) is 4.44. The van der Waals surface area contributed by atoms with Gasteiger partial charge in [0.25, 0.3) is 0 Å². The lowest BCUT2D eigenvalue weighted by Crippen LogP contribution is -2.46. The number of carbonyl (C=O) groups excluding carboxylic acids is 1. The van der Waals surface area contributed by atoms with Crippen molar-refractivity contribution in [3.05, 3.63) is 29.7 Å². The number of likely N-dealkylation sites (tertiary alicyclic amines) is 1. The lowest BCUT2D eigenvalue weighted by atomic mass is 10.0. The van der Waals surface area contributed by atoms with Crippen molar-refractivity contribution in [1.82, 2.24) is 35.4 Å². The average molecular weight is 395 g/mol. The van der Waals surface area contributed by atoms with Crippen LogP contribution in [0.2, 0.25) is 0 Å². The Labute approximate surface area is 169 Å². The predicted molar refractivity (Wildman–Crippen MR) is 105 cm³/mol. The summed E-state index contributed by atoms with van der Waals surface area (Å²) in [6.07, 6.45) is 5.73. The minimum absolute atomic E-state index is 0.0750. The third-order valence-electron chi connectivity index (χ3n) is 5.53. The summed E-state index contributed by atoms with van der Waals surface area (Å²) < 4.78 is 1.59. The van der Waals surface area contributed by atoms with E-state index in [0.717, 1.165) is 50.7 Å². The second-order valence-corrected chi connectivity index (χ2v) is 7.55. The Morgan fingerprint density at radius 2 is 2.03 bits per heavy atom. The SMILES string of the molecule is N#Cc1cccnc1N1CCC(NC(=O)Cn2nnnc2CN2CCCC2)CC1. The van der Waals surface area contributed by atoms with Gasteiger partial charge in [0.2, 0.25) is 5.91 Å². The number of tetrazole rings is 1. The highest BCUT2D eigenvalue weighted by molar-refractivity contribution is 5.76. The monoisotopic (exact) mass is 395 g/mol. The minimum Gasteiger partial charge on any atom is -0.355 e. The summed E-state index contributed by atoms with van der Waals surface area (Å²) in [7, 11) is 0. The zero-order valence-corrected chi connectivity index (χ0v) is 16.4. The van der Waals surface area contributed by atoms with E-state index in [2.05, 4.69) is 41.7 Å². The minimum atomic E-state index is -0.0750. The molecule has 10 heteroatoms. The van der Waals surface area contributed by atoms with Crippen molar-refractivity contribution in [2.75, 3.05) is 31.1 Å². The van der Waals surface area contributed by atoms with Crippen molar-refractivity contribution in [3.63, 3.8) is 0 Å². The standard InChI is InChI=1S/C19H25N9O/c20-12-15-4-3-7-21-19(15)27-10-5-16(6-11-27)22-18(29)14-28-17(23-24-25-28)13-26-8-1-2-9-26/h3-4,7,16H,1-2,5-6,8-11,13-14H2,(H,22,29). The van der Waals surface area contributed by atoms with E-state index >= 15 is 0 Å². The fourth-order valence-electron chi connectivity index (χ4n) is 3.98. The van der Waals surface area contributed by atoms with Crippen LogP contribution in [0.4, 0.5) is 5.82 Å². The Balaban J connectivity index is 1.27. The molecule has 2 aliphatic rings. The molecule has 152 valence electrons. The summed E-state index contributed by atoms with van der Waals surface area (Å²) in [5, 5.41) is 24.2. The van der Waals surface area contributed by atoms with Crippen molar-refractivity contribution in [1.29, 1.82) is 5.26 Å². The molecule has 2 saturated heterocycles. The van der Waals surface area contributed by atoms with Crippen LogP contribution in [0.5, 0.6) is 0 Å². The van der Waals surface area contributed by atoms with Gasteiger partial charge >= 0.3 is 0 Å². The molecule has 0 atom stereocenters. The number of hydrogen-bond acceptors (Lipinski definition) is 8. The Kier molecular flexibility index (Phi) is 5.95. The molecule has 10 nitrogen and oxygen atoms in total. The fraction of sp³-hybridized carbons (Fsp3) is 0.579. The first-order valence-electron chi connectivity index (χ1n) is 10.1. The molecule has 2 aliphatic heterocycles. The van der Waals surface area contributed by atoms with E-state index in [9.17, 15) is 10.1 Å². The number of nitrogens with zero attached hydrogens (tertiary/aromatic N) is 8. The van der Waals surface area contributed by atoms with Crippen LogP contribution >= 0.6 is 0 Å². The van der Waals surface area contributed by atoms with Gasteiger partial charge in [-0.25, -0.2) is 9.67 Å². The maximum Gasteiger partial charge on any atom is 0.242 e. The van der Waals surface area contributed by atoms with Gasteiger partial charge in [0.1, 0.15) is 18.4 Å². The van der Waals surface area contributed by atoms with Crippen molar-refractivity contribution in [3.8, 4) is 6.07 Å². The van der Waals surface area contributed by atoms with Gasteiger partial charge in [-0.15, -0.1) is 5.10 Å². The second kappa shape index (κ2) is 8.96.